The molecule has 0 aliphatic carbocycles. The van der Waals surface area contributed by atoms with E-state index in [2.05, 4.69) is 20.4 Å². The van der Waals surface area contributed by atoms with Gasteiger partial charge in [0.15, 0.2) is 5.82 Å². The van der Waals surface area contributed by atoms with Crippen LogP contribution in [-0.4, -0.2) is 58.4 Å². The largest absolute Gasteiger partial charge is 0.477 e. The van der Waals surface area contributed by atoms with E-state index in [9.17, 15) is 9.18 Å². The van der Waals surface area contributed by atoms with Crippen molar-refractivity contribution in [3.05, 3.63) is 29.7 Å². The predicted octanol–water partition coefficient (Wildman–Crippen LogP) is 1.71. The predicted molar refractivity (Wildman–Crippen MR) is 116 cm³/mol. The number of nitrogens with zero attached hydrogens (tertiary/aromatic N) is 5. The number of nitrogens with two attached hydrogens (primary N) is 1. The first-order chi connectivity index (χ1) is 14.8. The second-order valence-corrected chi connectivity index (χ2v) is 8.06. The van der Waals surface area contributed by atoms with E-state index < -0.39 is 11.7 Å². The molecule has 0 spiro atoms. The molecule has 2 aromatic heterocycles. The number of halogens is 1. The van der Waals surface area contributed by atoms with Crippen LogP contribution in [0.25, 0.3) is 22.2 Å². The van der Waals surface area contributed by atoms with Crippen LogP contribution in [0, 0.1) is 11.7 Å². The van der Waals surface area contributed by atoms with Crippen LogP contribution in [-0.2, 0) is 7.05 Å². The minimum Gasteiger partial charge on any atom is -0.477 e. The van der Waals surface area contributed by atoms with Crippen LogP contribution >= 0.6 is 0 Å². The van der Waals surface area contributed by atoms with E-state index in [-0.39, 0.29) is 28.6 Å². The highest BCUT2D eigenvalue weighted by Crippen LogP contribution is 2.33. The lowest BCUT2D eigenvalue weighted by atomic mass is 10.0. The fourth-order valence-corrected chi connectivity index (χ4v) is 3.57. The molecule has 0 saturated carbocycles. The Balaban J connectivity index is 1.91. The van der Waals surface area contributed by atoms with Gasteiger partial charge in [-0.1, -0.05) is 13.8 Å². The van der Waals surface area contributed by atoms with Gasteiger partial charge in [-0.3, -0.25) is 9.48 Å². The van der Waals surface area contributed by atoms with Gasteiger partial charge in [0.05, 0.1) is 12.3 Å². The number of anilines is 1. The van der Waals surface area contributed by atoms with Crippen molar-refractivity contribution in [2.24, 2.45) is 18.7 Å². The molecule has 1 amide bonds. The summed E-state index contributed by atoms with van der Waals surface area (Å²) in [6.45, 7) is 7.32. The van der Waals surface area contributed by atoms with Gasteiger partial charge in [-0.25, -0.2) is 9.37 Å². The van der Waals surface area contributed by atoms with Crippen molar-refractivity contribution in [3.63, 3.8) is 0 Å². The molecule has 0 radical (unpaired) electrons. The number of amides is 1. The first-order valence-electron chi connectivity index (χ1n) is 10.3. The van der Waals surface area contributed by atoms with Crippen molar-refractivity contribution in [1.82, 2.24) is 25.1 Å². The number of primary amides is 1. The van der Waals surface area contributed by atoms with E-state index in [0.29, 0.717) is 36.6 Å². The molecule has 0 unspecified atom stereocenters. The van der Waals surface area contributed by atoms with Crippen LogP contribution in [0.5, 0.6) is 5.88 Å². The van der Waals surface area contributed by atoms with Gasteiger partial charge in [-0.2, -0.15) is 10.1 Å². The third-order valence-electron chi connectivity index (χ3n) is 5.01. The normalized spacial score (nSPS) is 14.4. The summed E-state index contributed by atoms with van der Waals surface area (Å²) < 4.78 is 22.2. The van der Waals surface area contributed by atoms with Gasteiger partial charge in [0.1, 0.15) is 11.1 Å². The molecular weight excluding hydrogens is 401 g/mol. The molecule has 1 fully saturated rings. The molecule has 1 aliphatic rings. The number of rotatable bonds is 6. The van der Waals surface area contributed by atoms with Gasteiger partial charge in [0, 0.05) is 50.4 Å². The standard InChI is InChI=1S/C21H26FN7O2/c1-12(2)11-31-20-16(19(23)30)18(25-21(26-20)29-6-4-24-5-7-29)13-8-14-10-28(3)27-17(14)15(22)9-13/h8-10,12,24H,4-7,11H2,1-3H3,(H2,23,30). The van der Waals surface area contributed by atoms with Crippen LogP contribution in [0.15, 0.2) is 18.3 Å². The molecule has 3 N–H and O–H groups in total. The Bertz CT molecular complexity index is 1120. The Kier molecular flexibility index (Phi) is 5.73. The summed E-state index contributed by atoms with van der Waals surface area (Å²) in [4.78, 5) is 23.6. The maximum Gasteiger partial charge on any atom is 0.256 e. The highest BCUT2D eigenvalue weighted by molar-refractivity contribution is 6.02. The van der Waals surface area contributed by atoms with Gasteiger partial charge in [-0.05, 0) is 18.1 Å². The highest BCUT2D eigenvalue weighted by Gasteiger charge is 2.25. The second-order valence-electron chi connectivity index (χ2n) is 8.06. The van der Waals surface area contributed by atoms with Crippen LogP contribution in [0.3, 0.4) is 0 Å². The number of ether oxygens (including phenoxy) is 1. The summed E-state index contributed by atoms with van der Waals surface area (Å²) in [6.07, 6.45) is 1.71. The summed E-state index contributed by atoms with van der Waals surface area (Å²) >= 11 is 0. The van der Waals surface area contributed by atoms with E-state index >= 15 is 0 Å². The SMILES string of the molecule is CC(C)COc1nc(N2CCNCC2)nc(-c2cc(F)c3nn(C)cc3c2)c1C(N)=O. The Labute approximate surface area is 179 Å². The zero-order chi connectivity index (χ0) is 22.1. The van der Waals surface area contributed by atoms with E-state index in [1.165, 1.54) is 10.7 Å². The second kappa shape index (κ2) is 8.46. The fourth-order valence-electron chi connectivity index (χ4n) is 3.57. The number of piperazine rings is 1. The van der Waals surface area contributed by atoms with Crippen molar-refractivity contribution >= 4 is 22.8 Å². The summed E-state index contributed by atoms with van der Waals surface area (Å²) in [5.74, 6) is -0.479. The van der Waals surface area contributed by atoms with Gasteiger partial charge >= 0.3 is 0 Å². The smallest absolute Gasteiger partial charge is 0.256 e. The fraction of sp³-hybridized carbons (Fsp3) is 0.429. The molecular formula is C21H26FN7O2. The van der Waals surface area contributed by atoms with E-state index in [4.69, 9.17) is 10.5 Å². The molecule has 10 heteroatoms. The van der Waals surface area contributed by atoms with Gasteiger partial charge < -0.3 is 20.7 Å². The summed E-state index contributed by atoms with van der Waals surface area (Å²) in [5.41, 5.74) is 6.67. The first kappa shape index (κ1) is 21.0. The third-order valence-corrected chi connectivity index (χ3v) is 5.01. The van der Waals surface area contributed by atoms with E-state index in [1.807, 2.05) is 18.7 Å². The molecule has 31 heavy (non-hydrogen) atoms. The minimum atomic E-state index is -0.729. The third kappa shape index (κ3) is 4.29. The lowest BCUT2D eigenvalue weighted by Crippen LogP contribution is -2.44. The minimum absolute atomic E-state index is 0.0437. The lowest BCUT2D eigenvalue weighted by molar-refractivity contribution is 0.0995. The molecule has 164 valence electrons. The average molecular weight is 427 g/mol. The lowest BCUT2D eigenvalue weighted by Gasteiger charge is -2.28. The zero-order valence-electron chi connectivity index (χ0n) is 17.9. The Morgan fingerprint density at radius 3 is 2.71 bits per heavy atom. The van der Waals surface area contributed by atoms with Crippen molar-refractivity contribution in [1.29, 1.82) is 0 Å². The van der Waals surface area contributed by atoms with Crippen LogP contribution in [0.1, 0.15) is 24.2 Å². The quantitative estimate of drug-likeness (QED) is 0.616. The topological polar surface area (TPSA) is 111 Å². The Morgan fingerprint density at radius 2 is 2.03 bits per heavy atom. The van der Waals surface area contributed by atoms with Crippen molar-refractivity contribution in [3.8, 4) is 17.1 Å². The molecule has 0 atom stereocenters. The summed E-state index contributed by atoms with van der Waals surface area (Å²) in [7, 11) is 1.72. The summed E-state index contributed by atoms with van der Waals surface area (Å²) in [6, 6.07) is 3.06. The van der Waals surface area contributed by atoms with Crippen LogP contribution in [0.2, 0.25) is 0 Å². The number of aromatic nitrogens is 4. The zero-order valence-corrected chi connectivity index (χ0v) is 17.9. The number of fused-ring (bicyclic) bond motifs is 1. The van der Waals surface area contributed by atoms with Gasteiger partial charge in [-0.15, -0.1) is 0 Å². The Morgan fingerprint density at radius 1 is 1.29 bits per heavy atom. The maximum absolute atomic E-state index is 14.8. The number of benzene rings is 1. The van der Waals surface area contributed by atoms with E-state index in [0.717, 1.165) is 13.1 Å². The molecule has 3 aromatic rings. The highest BCUT2D eigenvalue weighted by atomic mass is 19.1. The van der Waals surface area contributed by atoms with Gasteiger partial charge in [0.2, 0.25) is 11.8 Å². The number of carbonyl (C=O) groups is 1. The first-order valence-corrected chi connectivity index (χ1v) is 10.3. The van der Waals surface area contributed by atoms with Crippen molar-refractivity contribution in [2.75, 3.05) is 37.7 Å². The summed E-state index contributed by atoms with van der Waals surface area (Å²) in [5, 5.41) is 8.02. The molecule has 9 nitrogen and oxygen atoms in total. The molecule has 1 aromatic carbocycles. The maximum atomic E-state index is 14.8. The molecule has 0 bridgehead atoms. The number of aryl methyl sites for hydroxylation is 1. The molecule has 1 aliphatic heterocycles. The Hall–Kier alpha value is -3.27. The molecule has 4 rings (SSSR count). The monoisotopic (exact) mass is 427 g/mol. The van der Waals surface area contributed by atoms with Crippen LogP contribution < -0.4 is 20.7 Å². The van der Waals surface area contributed by atoms with Gasteiger partial charge in [0.25, 0.3) is 5.91 Å². The number of hydrogen-bond acceptors (Lipinski definition) is 7. The number of carbonyl (C=O) groups excluding carboxylic acids is 1. The van der Waals surface area contributed by atoms with E-state index in [1.54, 1.807) is 19.3 Å². The number of nitrogens with one attached hydrogen (secondary N) is 1. The van der Waals surface area contributed by atoms with Crippen molar-refractivity contribution < 1.29 is 13.9 Å². The molecule has 3 heterocycles. The van der Waals surface area contributed by atoms with Crippen LogP contribution in [0.4, 0.5) is 10.3 Å². The van der Waals surface area contributed by atoms with Crippen molar-refractivity contribution in [2.45, 2.75) is 13.8 Å². The molecule has 1 saturated heterocycles. The average Bonchev–Trinajstić information content (AvgIpc) is 3.12. The number of hydrogen-bond donors (Lipinski definition) is 2.